The summed E-state index contributed by atoms with van der Waals surface area (Å²) >= 11 is 4.66. The molecule has 1 aromatic heterocycles. The highest BCUT2D eigenvalue weighted by Gasteiger charge is 2.40. The smallest absolute Gasteiger partial charge is 0.132 e. The number of nitrogens with zero attached hydrogens (tertiary/aromatic N) is 2. The summed E-state index contributed by atoms with van der Waals surface area (Å²) in [6, 6.07) is 0. The number of hydrogen-bond donors (Lipinski definition) is 0. The van der Waals surface area contributed by atoms with Crippen molar-refractivity contribution in [3.63, 3.8) is 0 Å². The Hall–Kier alpha value is 0.630. The fourth-order valence-corrected chi connectivity index (χ4v) is 4.17. The summed E-state index contributed by atoms with van der Waals surface area (Å²) in [4.78, 5) is 4.35. The van der Waals surface area contributed by atoms with Crippen LogP contribution in [0.4, 0.5) is 0 Å². The van der Waals surface area contributed by atoms with Crippen LogP contribution < -0.4 is 0 Å². The summed E-state index contributed by atoms with van der Waals surface area (Å²) in [6.45, 7) is 0.968. The number of rotatable bonds is 2. The topological polar surface area (TPSA) is 27.1 Å². The summed E-state index contributed by atoms with van der Waals surface area (Å²) in [5, 5.41) is 0. The average molecular weight is 472 g/mol. The van der Waals surface area contributed by atoms with Gasteiger partial charge in [0.15, 0.2) is 0 Å². The minimum atomic E-state index is 0.238. The molecule has 3 rings (SSSR count). The number of imidazole rings is 1. The van der Waals surface area contributed by atoms with Crippen molar-refractivity contribution in [2.45, 2.75) is 63.2 Å². The van der Waals surface area contributed by atoms with Crippen LogP contribution in [-0.4, -0.2) is 21.3 Å². The lowest BCUT2D eigenvalue weighted by Gasteiger charge is -2.33. The summed E-state index contributed by atoms with van der Waals surface area (Å²) in [7, 11) is 0. The molecular formula is C13H18I2N2O. The fourth-order valence-electron chi connectivity index (χ4n) is 3.28. The average Bonchev–Trinajstić information content (AvgIpc) is 2.90. The third-order valence-electron chi connectivity index (χ3n) is 4.24. The van der Waals surface area contributed by atoms with E-state index in [1.165, 1.54) is 48.6 Å². The molecule has 0 bridgehead atoms. The fraction of sp³-hybridized carbons (Fsp3) is 0.769. The van der Waals surface area contributed by atoms with Crippen LogP contribution in [0.3, 0.4) is 0 Å². The third-order valence-corrected chi connectivity index (χ3v) is 7.19. The third kappa shape index (κ3) is 2.72. The van der Waals surface area contributed by atoms with Crippen molar-refractivity contribution in [3.05, 3.63) is 13.7 Å². The van der Waals surface area contributed by atoms with Gasteiger partial charge in [0, 0.05) is 0 Å². The minimum Gasteiger partial charge on any atom is -0.370 e. The Kier molecular flexibility index (Phi) is 4.20. The second-order valence-electron chi connectivity index (χ2n) is 5.50. The van der Waals surface area contributed by atoms with Crippen molar-refractivity contribution in [2.75, 3.05) is 0 Å². The molecule has 1 saturated heterocycles. The van der Waals surface area contributed by atoms with E-state index in [9.17, 15) is 0 Å². The first-order chi connectivity index (χ1) is 8.69. The Morgan fingerprint density at radius 1 is 1.28 bits per heavy atom. The summed E-state index contributed by atoms with van der Waals surface area (Å²) in [5.41, 5.74) is 0.238. The zero-order chi connectivity index (χ0) is 12.6. The highest BCUT2D eigenvalue weighted by Crippen LogP contribution is 2.42. The highest BCUT2D eigenvalue weighted by molar-refractivity contribution is 14.1. The molecule has 2 heterocycles. The maximum atomic E-state index is 6.40. The van der Waals surface area contributed by atoms with E-state index < -0.39 is 0 Å². The number of halogens is 2. The van der Waals surface area contributed by atoms with Crippen molar-refractivity contribution in [1.82, 2.24) is 9.55 Å². The van der Waals surface area contributed by atoms with Crippen LogP contribution in [0.5, 0.6) is 0 Å². The molecular weight excluding hydrogens is 454 g/mol. The van der Waals surface area contributed by atoms with E-state index in [2.05, 4.69) is 54.7 Å². The maximum absolute atomic E-state index is 6.40. The minimum absolute atomic E-state index is 0.238. The van der Waals surface area contributed by atoms with E-state index in [4.69, 9.17) is 4.74 Å². The Morgan fingerprint density at radius 2 is 2.06 bits per heavy atom. The molecule has 1 spiro atoms. The molecule has 5 heteroatoms. The van der Waals surface area contributed by atoms with Crippen molar-refractivity contribution in [3.8, 4) is 0 Å². The van der Waals surface area contributed by atoms with Gasteiger partial charge in [-0.15, -0.1) is 0 Å². The molecule has 18 heavy (non-hydrogen) atoms. The summed E-state index contributed by atoms with van der Waals surface area (Å²) < 4.78 is 11.0. The zero-order valence-electron chi connectivity index (χ0n) is 10.4. The first-order valence-electron chi connectivity index (χ1n) is 6.72. The lowest BCUT2D eigenvalue weighted by atomic mass is 9.83. The second-order valence-corrected chi connectivity index (χ2v) is 7.54. The molecule has 2 fully saturated rings. The molecule has 2 aliphatic rings. The van der Waals surface area contributed by atoms with Gasteiger partial charge in [-0.2, -0.15) is 0 Å². The quantitative estimate of drug-likeness (QED) is 0.610. The predicted molar refractivity (Wildman–Crippen MR) is 87.6 cm³/mol. The highest BCUT2D eigenvalue weighted by atomic mass is 127. The van der Waals surface area contributed by atoms with E-state index >= 15 is 0 Å². The van der Waals surface area contributed by atoms with Crippen LogP contribution in [0.15, 0.2) is 6.33 Å². The largest absolute Gasteiger partial charge is 0.370 e. The van der Waals surface area contributed by atoms with Crippen molar-refractivity contribution in [2.24, 2.45) is 0 Å². The van der Waals surface area contributed by atoms with E-state index in [0.717, 1.165) is 10.2 Å². The molecule has 1 unspecified atom stereocenters. The van der Waals surface area contributed by atoms with Gasteiger partial charge in [0.05, 0.1) is 24.6 Å². The van der Waals surface area contributed by atoms with Gasteiger partial charge in [-0.1, -0.05) is 19.3 Å². The van der Waals surface area contributed by atoms with Crippen LogP contribution in [0.25, 0.3) is 0 Å². The SMILES string of the molecule is Ic1ncn(CC2CCC3(CCCCC3)O2)c1I. The van der Waals surface area contributed by atoms with Crippen molar-refractivity contribution < 1.29 is 4.74 Å². The maximum Gasteiger partial charge on any atom is 0.132 e. The van der Waals surface area contributed by atoms with Gasteiger partial charge in [-0.3, -0.25) is 0 Å². The molecule has 1 saturated carbocycles. The van der Waals surface area contributed by atoms with E-state index in [1.54, 1.807) is 0 Å². The standard InChI is InChI=1S/C13H18I2N2O/c14-11-12(15)17(9-16-11)8-10-4-7-13(18-10)5-2-1-3-6-13/h9-10H,1-8H2. The van der Waals surface area contributed by atoms with E-state index in [-0.39, 0.29) is 5.60 Å². The molecule has 1 aliphatic heterocycles. The van der Waals surface area contributed by atoms with E-state index in [0.29, 0.717) is 6.10 Å². The molecule has 0 N–H and O–H groups in total. The molecule has 1 atom stereocenters. The van der Waals surface area contributed by atoms with Crippen molar-refractivity contribution in [1.29, 1.82) is 0 Å². The Labute approximate surface area is 135 Å². The molecule has 3 nitrogen and oxygen atoms in total. The monoisotopic (exact) mass is 472 g/mol. The summed E-state index contributed by atoms with van der Waals surface area (Å²) in [5.74, 6) is 0. The predicted octanol–water partition coefficient (Wildman–Crippen LogP) is 3.97. The van der Waals surface area contributed by atoms with Gasteiger partial charge < -0.3 is 9.30 Å². The lowest BCUT2D eigenvalue weighted by molar-refractivity contribution is -0.0681. The van der Waals surface area contributed by atoms with Crippen molar-refractivity contribution >= 4 is 45.2 Å². The van der Waals surface area contributed by atoms with Crippen LogP contribution in [0.2, 0.25) is 0 Å². The van der Waals surface area contributed by atoms with Crippen LogP contribution in [0, 0.1) is 7.40 Å². The molecule has 0 amide bonds. The molecule has 100 valence electrons. The van der Waals surface area contributed by atoms with Gasteiger partial charge in [0.25, 0.3) is 0 Å². The first kappa shape index (κ1) is 13.6. The van der Waals surface area contributed by atoms with Gasteiger partial charge in [0.1, 0.15) is 7.40 Å². The molecule has 0 aromatic carbocycles. The Morgan fingerprint density at radius 3 is 2.72 bits per heavy atom. The second kappa shape index (κ2) is 5.55. The number of aromatic nitrogens is 2. The number of hydrogen-bond acceptors (Lipinski definition) is 2. The molecule has 0 radical (unpaired) electrons. The first-order valence-corrected chi connectivity index (χ1v) is 8.88. The Balaban J connectivity index is 1.64. The Bertz CT molecular complexity index is 427. The zero-order valence-corrected chi connectivity index (χ0v) is 14.7. The lowest BCUT2D eigenvalue weighted by Crippen LogP contribution is -2.32. The summed E-state index contributed by atoms with van der Waals surface area (Å²) in [6.07, 6.45) is 11.5. The van der Waals surface area contributed by atoms with Crippen LogP contribution in [-0.2, 0) is 11.3 Å². The normalized spacial score (nSPS) is 26.9. The van der Waals surface area contributed by atoms with Crippen LogP contribution in [0.1, 0.15) is 44.9 Å². The van der Waals surface area contributed by atoms with Crippen LogP contribution >= 0.6 is 45.2 Å². The van der Waals surface area contributed by atoms with E-state index in [1.807, 2.05) is 6.33 Å². The molecule has 1 aliphatic carbocycles. The van der Waals surface area contributed by atoms with Gasteiger partial charge in [-0.25, -0.2) is 4.98 Å². The molecule has 1 aromatic rings. The van der Waals surface area contributed by atoms with Gasteiger partial charge >= 0.3 is 0 Å². The number of ether oxygens (including phenoxy) is 1. The van der Waals surface area contributed by atoms with Gasteiger partial charge in [-0.05, 0) is 70.9 Å². The van der Waals surface area contributed by atoms with Gasteiger partial charge in [0.2, 0.25) is 0 Å².